The molecule has 3 heteroatoms. The van der Waals surface area contributed by atoms with Crippen molar-refractivity contribution < 1.29 is 4.84 Å². The van der Waals surface area contributed by atoms with Crippen molar-refractivity contribution in [3.8, 4) is 0 Å². The van der Waals surface area contributed by atoms with Crippen LogP contribution in [0.5, 0.6) is 0 Å². The molecule has 1 fully saturated rings. The lowest BCUT2D eigenvalue weighted by Crippen LogP contribution is -2.60. The molecule has 1 aromatic rings. The molecule has 3 nitrogen and oxygen atoms in total. The quantitative estimate of drug-likeness (QED) is 0.853. The fraction of sp³-hybridized carbons (Fsp3) is 0.647. The van der Waals surface area contributed by atoms with Crippen LogP contribution in [0.2, 0.25) is 0 Å². The predicted molar refractivity (Wildman–Crippen MR) is 83.3 cm³/mol. The Morgan fingerprint density at radius 3 is 2.20 bits per heavy atom. The Bertz CT molecular complexity index is 410. The zero-order valence-corrected chi connectivity index (χ0v) is 13.4. The molecular formula is C17H28N2O. The summed E-state index contributed by atoms with van der Waals surface area (Å²) in [7, 11) is 2.22. The molecule has 1 N–H and O–H groups in total. The third kappa shape index (κ3) is 3.60. The molecule has 0 aliphatic carbocycles. The molecule has 2 rings (SSSR count). The van der Waals surface area contributed by atoms with Gasteiger partial charge in [0.05, 0.1) is 6.10 Å². The van der Waals surface area contributed by atoms with Gasteiger partial charge in [-0.15, -0.1) is 0 Å². The van der Waals surface area contributed by atoms with E-state index >= 15 is 0 Å². The molecule has 1 aromatic carbocycles. The van der Waals surface area contributed by atoms with Crippen LogP contribution in [0.25, 0.3) is 0 Å². The number of hydrogen-bond acceptors (Lipinski definition) is 3. The lowest BCUT2D eigenvalue weighted by molar-refractivity contribution is -0.123. The highest BCUT2D eigenvalue weighted by Crippen LogP contribution is 2.37. The Balaban J connectivity index is 1.87. The molecule has 1 aliphatic rings. The normalized spacial score (nSPS) is 22.9. The molecule has 0 atom stereocenters. The Labute approximate surface area is 123 Å². The first-order valence-electron chi connectivity index (χ1n) is 7.48. The average molecular weight is 276 g/mol. The van der Waals surface area contributed by atoms with E-state index in [1.54, 1.807) is 0 Å². The molecule has 0 amide bonds. The van der Waals surface area contributed by atoms with Gasteiger partial charge < -0.3 is 0 Å². The Kier molecular flexibility index (Phi) is 4.52. The zero-order valence-electron chi connectivity index (χ0n) is 13.4. The van der Waals surface area contributed by atoms with Crippen LogP contribution in [0.4, 0.5) is 0 Å². The van der Waals surface area contributed by atoms with E-state index in [1.807, 2.05) is 6.07 Å². The number of nitrogens with zero attached hydrogens (tertiary/aromatic N) is 1. The first-order valence-corrected chi connectivity index (χ1v) is 7.48. The van der Waals surface area contributed by atoms with Gasteiger partial charge in [-0.25, -0.2) is 0 Å². The SMILES string of the molecule is CN1C(C)(C)CC(ONCc2ccccc2)CC1(C)C. The zero-order chi connectivity index (χ0) is 14.8. The van der Waals surface area contributed by atoms with Crippen LogP contribution in [0, 0.1) is 0 Å². The summed E-state index contributed by atoms with van der Waals surface area (Å²) in [4.78, 5) is 8.40. The highest BCUT2D eigenvalue weighted by atomic mass is 16.7. The van der Waals surface area contributed by atoms with Crippen molar-refractivity contribution in [3.63, 3.8) is 0 Å². The van der Waals surface area contributed by atoms with Gasteiger partial charge in [-0.05, 0) is 53.1 Å². The minimum Gasteiger partial charge on any atom is -0.298 e. The summed E-state index contributed by atoms with van der Waals surface area (Å²) in [5.74, 6) is 0. The van der Waals surface area contributed by atoms with E-state index in [0.29, 0.717) is 0 Å². The van der Waals surface area contributed by atoms with E-state index in [4.69, 9.17) is 4.84 Å². The molecule has 1 aliphatic heterocycles. The second-order valence-electron chi connectivity index (χ2n) is 7.14. The van der Waals surface area contributed by atoms with Crippen molar-refractivity contribution in [2.24, 2.45) is 0 Å². The third-order valence-electron chi connectivity index (χ3n) is 4.64. The molecule has 0 spiro atoms. The minimum absolute atomic E-state index is 0.168. The maximum atomic E-state index is 5.93. The Hall–Kier alpha value is -0.900. The number of piperidine rings is 1. The highest BCUT2D eigenvalue weighted by Gasteiger charge is 2.43. The van der Waals surface area contributed by atoms with Crippen molar-refractivity contribution in [2.75, 3.05) is 7.05 Å². The maximum absolute atomic E-state index is 5.93. The second kappa shape index (κ2) is 5.84. The topological polar surface area (TPSA) is 24.5 Å². The van der Waals surface area contributed by atoms with Crippen molar-refractivity contribution in [2.45, 2.75) is 64.3 Å². The van der Waals surface area contributed by atoms with Gasteiger partial charge in [-0.2, -0.15) is 5.48 Å². The molecular weight excluding hydrogens is 248 g/mol. The van der Waals surface area contributed by atoms with E-state index in [9.17, 15) is 0 Å². The number of rotatable bonds is 4. The summed E-state index contributed by atoms with van der Waals surface area (Å²) in [6.07, 6.45) is 2.36. The van der Waals surface area contributed by atoms with Crippen LogP contribution >= 0.6 is 0 Å². The number of likely N-dealkylation sites (tertiary alicyclic amines) is 1. The average Bonchev–Trinajstić information content (AvgIpc) is 2.36. The van der Waals surface area contributed by atoms with Crippen LogP contribution < -0.4 is 5.48 Å². The Morgan fingerprint density at radius 1 is 1.10 bits per heavy atom. The number of hydrogen-bond donors (Lipinski definition) is 1. The molecule has 0 unspecified atom stereocenters. The highest BCUT2D eigenvalue weighted by molar-refractivity contribution is 5.13. The molecule has 0 radical (unpaired) electrons. The smallest absolute Gasteiger partial charge is 0.0825 e. The van der Waals surface area contributed by atoms with Crippen LogP contribution in [-0.4, -0.2) is 29.1 Å². The second-order valence-corrected chi connectivity index (χ2v) is 7.14. The molecule has 0 aromatic heterocycles. The summed E-state index contributed by atoms with van der Waals surface area (Å²) in [5, 5.41) is 0. The van der Waals surface area contributed by atoms with E-state index in [-0.39, 0.29) is 17.2 Å². The first-order chi connectivity index (χ1) is 9.31. The van der Waals surface area contributed by atoms with E-state index < -0.39 is 0 Å². The Morgan fingerprint density at radius 2 is 1.65 bits per heavy atom. The largest absolute Gasteiger partial charge is 0.298 e. The van der Waals surface area contributed by atoms with Crippen LogP contribution in [0.15, 0.2) is 30.3 Å². The molecule has 0 bridgehead atoms. The lowest BCUT2D eigenvalue weighted by Gasteiger charge is -2.53. The summed E-state index contributed by atoms with van der Waals surface area (Å²) >= 11 is 0. The third-order valence-corrected chi connectivity index (χ3v) is 4.64. The van der Waals surface area contributed by atoms with Gasteiger partial charge in [-0.1, -0.05) is 30.3 Å². The van der Waals surface area contributed by atoms with Crippen molar-refractivity contribution >= 4 is 0 Å². The summed E-state index contributed by atoms with van der Waals surface area (Å²) in [6.45, 7) is 9.93. The summed E-state index contributed by atoms with van der Waals surface area (Å²) in [6, 6.07) is 10.4. The van der Waals surface area contributed by atoms with Crippen molar-refractivity contribution in [3.05, 3.63) is 35.9 Å². The van der Waals surface area contributed by atoms with Gasteiger partial charge >= 0.3 is 0 Å². The first kappa shape index (κ1) is 15.5. The van der Waals surface area contributed by atoms with Gasteiger partial charge in [0.2, 0.25) is 0 Å². The number of benzene rings is 1. The van der Waals surface area contributed by atoms with Gasteiger partial charge in [0.25, 0.3) is 0 Å². The summed E-state index contributed by atoms with van der Waals surface area (Å²) in [5.41, 5.74) is 4.73. The summed E-state index contributed by atoms with van der Waals surface area (Å²) < 4.78 is 0. The molecule has 112 valence electrons. The van der Waals surface area contributed by atoms with Crippen molar-refractivity contribution in [1.29, 1.82) is 0 Å². The monoisotopic (exact) mass is 276 g/mol. The number of hydroxylamine groups is 1. The lowest BCUT2D eigenvalue weighted by atomic mass is 9.79. The van der Waals surface area contributed by atoms with E-state index in [1.165, 1.54) is 5.56 Å². The van der Waals surface area contributed by atoms with E-state index in [0.717, 1.165) is 19.4 Å². The van der Waals surface area contributed by atoms with Crippen LogP contribution in [0.1, 0.15) is 46.1 Å². The molecule has 20 heavy (non-hydrogen) atoms. The van der Waals surface area contributed by atoms with Crippen molar-refractivity contribution in [1.82, 2.24) is 10.4 Å². The molecule has 1 saturated heterocycles. The van der Waals surface area contributed by atoms with Gasteiger partial charge in [0.1, 0.15) is 0 Å². The fourth-order valence-corrected chi connectivity index (χ4v) is 3.20. The van der Waals surface area contributed by atoms with Gasteiger partial charge in [0.15, 0.2) is 0 Å². The van der Waals surface area contributed by atoms with Crippen LogP contribution in [-0.2, 0) is 11.4 Å². The molecule has 1 heterocycles. The van der Waals surface area contributed by atoms with Gasteiger partial charge in [-0.3, -0.25) is 9.74 Å². The molecule has 0 saturated carbocycles. The maximum Gasteiger partial charge on any atom is 0.0825 e. The predicted octanol–water partition coefficient (Wildman–Crippen LogP) is 3.36. The minimum atomic E-state index is 0.168. The van der Waals surface area contributed by atoms with Gasteiger partial charge in [0, 0.05) is 17.6 Å². The number of nitrogens with one attached hydrogen (secondary N) is 1. The fourth-order valence-electron chi connectivity index (χ4n) is 3.20. The standard InChI is InChI=1S/C17H28N2O/c1-16(2)11-15(12-17(3,4)19(16)5)20-18-13-14-9-7-6-8-10-14/h6-10,15,18H,11-13H2,1-5H3. The van der Waals surface area contributed by atoms with Crippen LogP contribution in [0.3, 0.4) is 0 Å². The van der Waals surface area contributed by atoms with E-state index in [2.05, 4.69) is 69.4 Å².